The molecule has 0 amide bonds. The highest BCUT2D eigenvalue weighted by Crippen LogP contribution is 2.33. The van der Waals surface area contributed by atoms with Crippen molar-refractivity contribution in [1.29, 1.82) is 0 Å². The zero-order valence-electron chi connectivity index (χ0n) is 13.5. The van der Waals surface area contributed by atoms with Crippen molar-refractivity contribution in [3.8, 4) is 0 Å². The molecule has 5 rings (SSSR count). The molecule has 3 aromatic heterocycles. The second-order valence-corrected chi connectivity index (χ2v) is 7.02. The summed E-state index contributed by atoms with van der Waals surface area (Å²) >= 11 is 6.57. The quantitative estimate of drug-likeness (QED) is 0.567. The Labute approximate surface area is 149 Å². The van der Waals surface area contributed by atoms with Crippen LogP contribution in [0.3, 0.4) is 0 Å². The fraction of sp³-hybridized carbons (Fsp3) is 0.278. The van der Waals surface area contributed by atoms with Gasteiger partial charge in [-0.1, -0.05) is 18.0 Å². The molecule has 1 saturated carbocycles. The number of benzene rings is 1. The molecule has 1 aliphatic carbocycles. The molecule has 25 heavy (non-hydrogen) atoms. The van der Waals surface area contributed by atoms with Crippen LogP contribution in [0.4, 0.5) is 11.5 Å². The number of nitrogens with one attached hydrogen (secondary N) is 2. The van der Waals surface area contributed by atoms with E-state index in [1.165, 1.54) is 19.3 Å². The van der Waals surface area contributed by atoms with Gasteiger partial charge in [-0.3, -0.25) is 14.8 Å². The van der Waals surface area contributed by atoms with Crippen molar-refractivity contribution >= 4 is 45.0 Å². The molecule has 2 N–H and O–H groups in total. The molecule has 0 atom stereocenters. The van der Waals surface area contributed by atoms with Crippen LogP contribution < -0.4 is 5.32 Å². The fourth-order valence-corrected chi connectivity index (χ4v) is 3.71. The van der Waals surface area contributed by atoms with Crippen LogP contribution in [0.2, 0.25) is 5.02 Å². The smallest absolute Gasteiger partial charge is 0.178 e. The number of aromatic amines is 1. The molecule has 126 valence electrons. The topological polar surface area (TPSA) is 71.4 Å². The van der Waals surface area contributed by atoms with Crippen LogP contribution in [-0.2, 0) is 6.54 Å². The molecule has 0 aliphatic heterocycles. The summed E-state index contributed by atoms with van der Waals surface area (Å²) in [6.45, 7) is 0.948. The van der Waals surface area contributed by atoms with E-state index in [1.807, 2.05) is 29.1 Å². The summed E-state index contributed by atoms with van der Waals surface area (Å²) in [6, 6.07) is 7.80. The zero-order valence-corrected chi connectivity index (χ0v) is 14.3. The molecular formula is C18H17ClN6. The maximum absolute atomic E-state index is 6.57. The Balaban J connectivity index is 1.50. The molecule has 0 bridgehead atoms. The Hall–Kier alpha value is -2.60. The summed E-state index contributed by atoms with van der Waals surface area (Å²) in [6.07, 6.45) is 7.54. The maximum atomic E-state index is 6.57. The Morgan fingerprint density at radius 2 is 2.24 bits per heavy atom. The number of pyridine rings is 1. The van der Waals surface area contributed by atoms with Gasteiger partial charge in [-0.15, -0.1) is 0 Å². The van der Waals surface area contributed by atoms with Crippen LogP contribution in [0.5, 0.6) is 0 Å². The molecule has 0 spiro atoms. The molecule has 6 nitrogen and oxygen atoms in total. The minimum atomic E-state index is 0.688. The van der Waals surface area contributed by atoms with E-state index >= 15 is 0 Å². The number of fused-ring (bicyclic) bond motifs is 2. The molecule has 7 heteroatoms. The first-order valence-electron chi connectivity index (χ1n) is 8.49. The number of hydrogen-bond acceptors (Lipinski definition) is 4. The predicted molar refractivity (Wildman–Crippen MR) is 99.3 cm³/mol. The monoisotopic (exact) mass is 352 g/mol. The summed E-state index contributed by atoms with van der Waals surface area (Å²) in [5, 5.41) is 16.8. The van der Waals surface area contributed by atoms with E-state index < -0.39 is 0 Å². The molecule has 0 unspecified atom stereocenters. The van der Waals surface area contributed by atoms with Crippen molar-refractivity contribution in [1.82, 2.24) is 25.0 Å². The van der Waals surface area contributed by atoms with Crippen molar-refractivity contribution in [3.05, 3.63) is 41.7 Å². The van der Waals surface area contributed by atoms with Crippen molar-refractivity contribution in [2.75, 3.05) is 5.32 Å². The number of halogens is 1. The standard InChI is InChI=1S/C18H17ClN6/c19-14-8-13(22-18-16-15(23-24-18)5-2-6-20-16)7-12-9-21-25(17(12)14)10-11-3-1-4-11/h2,5-9,11H,1,3-4,10H2,(H2,22,23,24). The Kier molecular flexibility index (Phi) is 3.38. The van der Waals surface area contributed by atoms with Crippen LogP contribution in [-0.4, -0.2) is 25.0 Å². The SMILES string of the molecule is Clc1cc(Nc2n[nH]c3cccnc23)cc2cnn(CC3CCC3)c12. The zero-order chi connectivity index (χ0) is 16.8. The Morgan fingerprint density at radius 1 is 1.32 bits per heavy atom. The van der Waals surface area contributed by atoms with E-state index in [4.69, 9.17) is 11.6 Å². The van der Waals surface area contributed by atoms with Crippen molar-refractivity contribution in [2.24, 2.45) is 5.92 Å². The summed E-state index contributed by atoms with van der Waals surface area (Å²) in [4.78, 5) is 4.37. The molecule has 1 aliphatic rings. The molecule has 3 heterocycles. The van der Waals surface area contributed by atoms with Crippen LogP contribution in [0.15, 0.2) is 36.7 Å². The van der Waals surface area contributed by atoms with Gasteiger partial charge in [0.25, 0.3) is 0 Å². The van der Waals surface area contributed by atoms with Gasteiger partial charge in [0.1, 0.15) is 5.52 Å². The lowest BCUT2D eigenvalue weighted by molar-refractivity contribution is 0.270. The van der Waals surface area contributed by atoms with E-state index in [-0.39, 0.29) is 0 Å². The van der Waals surface area contributed by atoms with Gasteiger partial charge in [0, 0.05) is 23.8 Å². The van der Waals surface area contributed by atoms with E-state index in [2.05, 4.69) is 31.7 Å². The van der Waals surface area contributed by atoms with Gasteiger partial charge in [-0.2, -0.15) is 10.2 Å². The number of anilines is 2. The highest BCUT2D eigenvalue weighted by molar-refractivity contribution is 6.35. The molecule has 0 saturated heterocycles. The maximum Gasteiger partial charge on any atom is 0.178 e. The first-order valence-corrected chi connectivity index (χ1v) is 8.87. The number of nitrogens with zero attached hydrogens (tertiary/aromatic N) is 4. The summed E-state index contributed by atoms with van der Waals surface area (Å²) in [7, 11) is 0. The molecule has 1 aromatic carbocycles. The van der Waals surface area contributed by atoms with E-state index in [0.29, 0.717) is 10.8 Å². The van der Waals surface area contributed by atoms with Gasteiger partial charge < -0.3 is 5.32 Å². The molecule has 1 fully saturated rings. The van der Waals surface area contributed by atoms with Gasteiger partial charge in [0.15, 0.2) is 5.82 Å². The third kappa shape index (κ3) is 2.53. The van der Waals surface area contributed by atoms with Crippen molar-refractivity contribution in [3.63, 3.8) is 0 Å². The van der Waals surface area contributed by atoms with Crippen molar-refractivity contribution < 1.29 is 0 Å². The largest absolute Gasteiger partial charge is 0.337 e. The fourth-order valence-electron chi connectivity index (χ4n) is 3.39. The van der Waals surface area contributed by atoms with Crippen molar-refractivity contribution in [2.45, 2.75) is 25.8 Å². The number of H-pyrrole nitrogens is 1. The second-order valence-electron chi connectivity index (χ2n) is 6.62. The highest BCUT2D eigenvalue weighted by Gasteiger charge is 2.20. The highest BCUT2D eigenvalue weighted by atomic mass is 35.5. The Morgan fingerprint density at radius 3 is 3.08 bits per heavy atom. The first kappa shape index (κ1) is 14.7. The van der Waals surface area contributed by atoms with Gasteiger partial charge in [-0.05, 0) is 43.0 Å². The van der Waals surface area contributed by atoms with Crippen LogP contribution in [0, 0.1) is 5.92 Å². The second kappa shape index (κ2) is 5.74. The van der Waals surface area contributed by atoms with Crippen LogP contribution in [0.1, 0.15) is 19.3 Å². The van der Waals surface area contributed by atoms with Gasteiger partial charge >= 0.3 is 0 Å². The van der Waals surface area contributed by atoms with Gasteiger partial charge in [0.05, 0.1) is 22.3 Å². The normalized spacial score (nSPS) is 14.9. The third-order valence-corrected chi connectivity index (χ3v) is 5.21. The third-order valence-electron chi connectivity index (χ3n) is 4.93. The minimum absolute atomic E-state index is 0.688. The van der Waals surface area contributed by atoms with E-state index in [9.17, 15) is 0 Å². The Bertz CT molecular complexity index is 1060. The lowest BCUT2D eigenvalue weighted by Crippen LogP contribution is -2.18. The number of rotatable bonds is 4. The predicted octanol–water partition coefficient (Wildman–Crippen LogP) is 4.50. The lowest BCUT2D eigenvalue weighted by Gasteiger charge is -2.25. The summed E-state index contributed by atoms with van der Waals surface area (Å²) in [5.41, 5.74) is 3.58. The lowest BCUT2D eigenvalue weighted by atomic mass is 9.85. The number of hydrogen-bond donors (Lipinski definition) is 2. The summed E-state index contributed by atoms with van der Waals surface area (Å²) < 4.78 is 2.04. The average Bonchev–Trinajstić information content (AvgIpc) is 3.16. The van der Waals surface area contributed by atoms with E-state index in [1.54, 1.807) is 6.20 Å². The first-order chi connectivity index (χ1) is 12.3. The number of aromatic nitrogens is 5. The average molecular weight is 353 g/mol. The molecule has 0 radical (unpaired) electrons. The van der Waals surface area contributed by atoms with E-state index in [0.717, 1.165) is 40.1 Å². The van der Waals surface area contributed by atoms with Crippen LogP contribution >= 0.6 is 11.6 Å². The minimum Gasteiger partial charge on any atom is -0.337 e. The van der Waals surface area contributed by atoms with Gasteiger partial charge in [-0.25, -0.2) is 0 Å². The molecule has 4 aromatic rings. The summed E-state index contributed by atoms with van der Waals surface area (Å²) in [5.74, 6) is 1.42. The van der Waals surface area contributed by atoms with Gasteiger partial charge in [0.2, 0.25) is 0 Å². The van der Waals surface area contributed by atoms with Crippen LogP contribution in [0.25, 0.3) is 21.9 Å². The molecular weight excluding hydrogens is 336 g/mol.